The molecule has 0 aliphatic carbocycles. The smallest absolute Gasteiger partial charge is 0.264 e. The van der Waals surface area contributed by atoms with Crippen molar-refractivity contribution in [1.29, 1.82) is 0 Å². The van der Waals surface area contributed by atoms with Crippen molar-refractivity contribution in [3.05, 3.63) is 76.4 Å². The Bertz CT molecular complexity index is 1130. The first-order chi connectivity index (χ1) is 14.1. The number of carbonyl (C=O) groups is 2. The van der Waals surface area contributed by atoms with Gasteiger partial charge in [0, 0.05) is 34.7 Å². The monoisotopic (exact) mass is 408 g/mol. The van der Waals surface area contributed by atoms with E-state index in [4.69, 9.17) is 4.74 Å². The summed E-state index contributed by atoms with van der Waals surface area (Å²) in [6, 6.07) is 14.6. The van der Waals surface area contributed by atoms with Gasteiger partial charge in [-0.2, -0.15) is 0 Å². The predicted octanol–water partition coefficient (Wildman–Crippen LogP) is 3.76. The summed E-state index contributed by atoms with van der Waals surface area (Å²) >= 11 is 1.39. The summed E-state index contributed by atoms with van der Waals surface area (Å²) in [6.07, 6.45) is 0. The maximum Gasteiger partial charge on any atom is 0.264 e. The van der Waals surface area contributed by atoms with Crippen molar-refractivity contribution in [3.8, 4) is 16.2 Å². The third-order valence-corrected chi connectivity index (χ3v) is 6.41. The van der Waals surface area contributed by atoms with Gasteiger partial charge in [0.1, 0.15) is 24.2 Å². The van der Waals surface area contributed by atoms with Crippen LogP contribution in [0.2, 0.25) is 0 Å². The molecular formula is C22H17FN2O3S. The molecule has 3 aromatic rings. The number of benzene rings is 2. The second-order valence-electron chi connectivity index (χ2n) is 6.96. The highest BCUT2D eigenvalue weighted by molar-refractivity contribution is 7.17. The van der Waals surface area contributed by atoms with Gasteiger partial charge in [-0.1, -0.05) is 30.3 Å². The van der Waals surface area contributed by atoms with Crippen LogP contribution in [0.15, 0.2) is 54.6 Å². The van der Waals surface area contributed by atoms with Crippen molar-refractivity contribution in [2.45, 2.75) is 12.6 Å². The second-order valence-corrected chi connectivity index (χ2v) is 8.02. The SMILES string of the molecule is O=C1NCCN(C(=O)c2cc3c(s2)-c2ccccc2OC3)C1c1ccccc1F. The van der Waals surface area contributed by atoms with E-state index in [0.29, 0.717) is 24.6 Å². The van der Waals surface area contributed by atoms with Gasteiger partial charge in [-0.25, -0.2) is 4.39 Å². The van der Waals surface area contributed by atoms with E-state index in [1.54, 1.807) is 18.2 Å². The lowest BCUT2D eigenvalue weighted by atomic mass is 10.0. The van der Waals surface area contributed by atoms with Gasteiger partial charge in [0.25, 0.3) is 5.91 Å². The molecule has 1 fully saturated rings. The van der Waals surface area contributed by atoms with E-state index in [0.717, 1.165) is 21.8 Å². The molecule has 1 saturated heterocycles. The van der Waals surface area contributed by atoms with E-state index < -0.39 is 11.9 Å². The van der Waals surface area contributed by atoms with E-state index in [2.05, 4.69) is 5.32 Å². The summed E-state index contributed by atoms with van der Waals surface area (Å²) in [5, 5.41) is 2.74. The fourth-order valence-corrected chi connectivity index (χ4v) is 4.99. The van der Waals surface area contributed by atoms with Crippen LogP contribution >= 0.6 is 11.3 Å². The fourth-order valence-electron chi connectivity index (χ4n) is 3.84. The van der Waals surface area contributed by atoms with Crippen LogP contribution in [0.5, 0.6) is 5.75 Å². The van der Waals surface area contributed by atoms with E-state index in [9.17, 15) is 14.0 Å². The third-order valence-electron chi connectivity index (χ3n) is 5.21. The molecule has 2 amide bonds. The number of thiophene rings is 1. The molecule has 0 radical (unpaired) electrons. The number of piperazine rings is 1. The van der Waals surface area contributed by atoms with Gasteiger partial charge in [0.05, 0.1) is 4.88 Å². The molecule has 3 heterocycles. The molecular weight excluding hydrogens is 391 g/mol. The number of fused-ring (bicyclic) bond motifs is 3. The second kappa shape index (κ2) is 7.00. The number of ether oxygens (including phenoxy) is 1. The average Bonchev–Trinajstić information content (AvgIpc) is 3.19. The Morgan fingerprint density at radius 2 is 1.97 bits per heavy atom. The first kappa shape index (κ1) is 17.9. The third kappa shape index (κ3) is 2.98. The molecule has 1 aromatic heterocycles. The van der Waals surface area contributed by atoms with Crippen LogP contribution in [0.4, 0.5) is 4.39 Å². The normalized spacial score (nSPS) is 17.8. The van der Waals surface area contributed by atoms with Gasteiger partial charge in [0.15, 0.2) is 0 Å². The zero-order valence-corrected chi connectivity index (χ0v) is 16.2. The van der Waals surface area contributed by atoms with Crippen molar-refractivity contribution < 1.29 is 18.7 Å². The maximum absolute atomic E-state index is 14.4. The van der Waals surface area contributed by atoms with Crippen molar-refractivity contribution in [1.82, 2.24) is 10.2 Å². The highest BCUT2D eigenvalue weighted by Gasteiger charge is 2.37. The summed E-state index contributed by atoms with van der Waals surface area (Å²) in [5.74, 6) is -0.350. The lowest BCUT2D eigenvalue weighted by molar-refractivity contribution is -0.128. The topological polar surface area (TPSA) is 58.6 Å². The van der Waals surface area contributed by atoms with E-state index in [1.165, 1.54) is 22.3 Å². The first-order valence-electron chi connectivity index (χ1n) is 9.31. The van der Waals surface area contributed by atoms with E-state index in [1.807, 2.05) is 30.3 Å². The van der Waals surface area contributed by atoms with Crippen LogP contribution in [0.3, 0.4) is 0 Å². The summed E-state index contributed by atoms with van der Waals surface area (Å²) < 4.78 is 20.2. The zero-order valence-electron chi connectivity index (χ0n) is 15.4. The number of nitrogens with one attached hydrogen (secondary N) is 1. The molecule has 0 spiro atoms. The Morgan fingerprint density at radius 3 is 2.83 bits per heavy atom. The summed E-state index contributed by atoms with van der Waals surface area (Å²) in [5.41, 5.74) is 2.11. The molecule has 7 heteroatoms. The Hall–Kier alpha value is -3.19. The molecule has 1 atom stereocenters. The summed E-state index contributed by atoms with van der Waals surface area (Å²) in [4.78, 5) is 28.9. The van der Waals surface area contributed by atoms with Gasteiger partial charge >= 0.3 is 0 Å². The van der Waals surface area contributed by atoms with Crippen molar-refractivity contribution in [3.63, 3.8) is 0 Å². The number of carbonyl (C=O) groups excluding carboxylic acids is 2. The first-order valence-corrected chi connectivity index (χ1v) is 10.1. The Kier molecular flexibility index (Phi) is 4.32. The molecule has 0 saturated carbocycles. The lowest BCUT2D eigenvalue weighted by Crippen LogP contribution is -2.52. The maximum atomic E-state index is 14.4. The van der Waals surface area contributed by atoms with Gasteiger partial charge in [0.2, 0.25) is 5.91 Å². The van der Waals surface area contributed by atoms with Crippen LogP contribution in [0.1, 0.15) is 26.8 Å². The zero-order chi connectivity index (χ0) is 20.0. The van der Waals surface area contributed by atoms with Crippen molar-refractivity contribution in [2.24, 2.45) is 0 Å². The Morgan fingerprint density at radius 1 is 1.17 bits per heavy atom. The number of hydrogen-bond acceptors (Lipinski definition) is 4. The van der Waals surface area contributed by atoms with Gasteiger partial charge in [-0.15, -0.1) is 11.3 Å². The highest BCUT2D eigenvalue weighted by Crippen LogP contribution is 2.43. The Labute approximate surface area is 170 Å². The van der Waals surface area contributed by atoms with Crippen LogP contribution in [0.25, 0.3) is 10.4 Å². The molecule has 2 aliphatic rings. The standard InChI is InChI=1S/C22H17FN2O3S/c23-16-7-3-1-5-14(16)19-21(26)24-9-10-25(19)22(27)18-11-13-12-28-17-8-4-2-6-15(17)20(13)29-18/h1-8,11,19H,9-10,12H2,(H,24,26). The fraction of sp³-hybridized carbons (Fsp3) is 0.182. The number of hydrogen-bond donors (Lipinski definition) is 1. The molecule has 2 aliphatic heterocycles. The molecule has 1 N–H and O–H groups in total. The molecule has 5 nitrogen and oxygen atoms in total. The molecule has 2 aromatic carbocycles. The van der Waals surface area contributed by atoms with E-state index in [-0.39, 0.29) is 17.4 Å². The van der Waals surface area contributed by atoms with Crippen molar-refractivity contribution >= 4 is 23.2 Å². The van der Waals surface area contributed by atoms with Crippen LogP contribution < -0.4 is 10.1 Å². The summed E-state index contributed by atoms with van der Waals surface area (Å²) in [6.45, 7) is 1.05. The molecule has 1 unspecified atom stereocenters. The van der Waals surface area contributed by atoms with E-state index >= 15 is 0 Å². The van der Waals surface area contributed by atoms with Gasteiger partial charge in [-0.3, -0.25) is 9.59 Å². The van der Waals surface area contributed by atoms with Gasteiger partial charge < -0.3 is 15.0 Å². The van der Waals surface area contributed by atoms with Crippen molar-refractivity contribution in [2.75, 3.05) is 13.1 Å². The summed E-state index contributed by atoms with van der Waals surface area (Å²) in [7, 11) is 0. The van der Waals surface area contributed by atoms with Gasteiger partial charge in [-0.05, 0) is 24.3 Å². The number of halogens is 1. The number of nitrogens with zero attached hydrogens (tertiary/aromatic N) is 1. The minimum atomic E-state index is -0.986. The predicted molar refractivity (Wildman–Crippen MR) is 107 cm³/mol. The number of rotatable bonds is 2. The number of para-hydroxylation sites is 1. The van der Waals surface area contributed by atoms with Crippen LogP contribution in [-0.4, -0.2) is 29.8 Å². The quantitative estimate of drug-likeness (QED) is 0.703. The van der Waals surface area contributed by atoms with Crippen LogP contribution in [0, 0.1) is 5.82 Å². The highest BCUT2D eigenvalue weighted by atomic mass is 32.1. The molecule has 29 heavy (non-hydrogen) atoms. The minimum absolute atomic E-state index is 0.202. The molecule has 146 valence electrons. The molecule has 0 bridgehead atoms. The van der Waals surface area contributed by atoms with Crippen LogP contribution in [-0.2, 0) is 11.4 Å². The number of amides is 2. The average molecular weight is 408 g/mol. The minimum Gasteiger partial charge on any atom is -0.488 e. The molecule has 5 rings (SSSR count). The Balaban J connectivity index is 1.53. The lowest BCUT2D eigenvalue weighted by Gasteiger charge is -2.35. The largest absolute Gasteiger partial charge is 0.488 e.